The maximum absolute atomic E-state index is 13.8. The molecular formula is C19H17NO. The van der Waals surface area contributed by atoms with Crippen LogP contribution >= 0.6 is 0 Å². The van der Waals surface area contributed by atoms with Gasteiger partial charge in [-0.3, -0.25) is 4.65 Å². The largest absolute Gasteiger partial charge is 0.616 e. The summed E-state index contributed by atoms with van der Waals surface area (Å²) >= 11 is 0. The third kappa shape index (κ3) is 2.47. The minimum Gasteiger partial charge on any atom is -0.616 e. The molecule has 0 unspecified atom stereocenters. The predicted octanol–water partition coefficient (Wildman–Crippen LogP) is 5.46. The SMILES string of the molecule is Cc1ccc([N+]([O-])(c2ccccc2)c2ccccc2)cc1. The Morgan fingerprint density at radius 1 is 0.571 bits per heavy atom. The summed E-state index contributed by atoms with van der Waals surface area (Å²) in [5.41, 5.74) is 3.25. The summed E-state index contributed by atoms with van der Waals surface area (Å²) in [5, 5.41) is 13.8. The smallest absolute Gasteiger partial charge is 0.143 e. The lowest BCUT2D eigenvalue weighted by Crippen LogP contribution is -2.31. The average molecular weight is 275 g/mol. The van der Waals surface area contributed by atoms with Gasteiger partial charge in [0.2, 0.25) is 0 Å². The highest BCUT2D eigenvalue weighted by atomic mass is 16.5. The minimum atomic E-state index is -0.581. The quantitative estimate of drug-likeness (QED) is 0.459. The van der Waals surface area contributed by atoms with Crippen LogP contribution < -0.4 is 4.65 Å². The third-order valence-electron chi connectivity index (χ3n) is 3.64. The fraction of sp³-hybridized carbons (Fsp3) is 0.0526. The summed E-state index contributed by atoms with van der Waals surface area (Å²) < 4.78 is -0.581. The van der Waals surface area contributed by atoms with Crippen LogP contribution in [0.1, 0.15) is 5.56 Å². The molecule has 0 radical (unpaired) electrons. The highest BCUT2D eigenvalue weighted by Gasteiger charge is 2.26. The standard InChI is InChI=1S/C19H17NO/c1-16-12-14-19(15-13-16)20(21,17-8-4-2-5-9-17)18-10-6-3-7-11-18/h2-15H,1H3. The molecule has 21 heavy (non-hydrogen) atoms. The molecule has 0 saturated heterocycles. The van der Waals surface area contributed by atoms with Gasteiger partial charge in [0.1, 0.15) is 17.1 Å². The van der Waals surface area contributed by atoms with E-state index in [1.54, 1.807) is 0 Å². The normalized spacial score (nSPS) is 11.3. The van der Waals surface area contributed by atoms with Crippen LogP contribution in [0.25, 0.3) is 0 Å². The van der Waals surface area contributed by atoms with E-state index in [0.29, 0.717) is 17.1 Å². The second-order valence-corrected chi connectivity index (χ2v) is 5.12. The van der Waals surface area contributed by atoms with Crippen LogP contribution in [0.3, 0.4) is 0 Å². The van der Waals surface area contributed by atoms with E-state index in [9.17, 15) is 5.21 Å². The molecule has 3 aromatic rings. The minimum absolute atomic E-state index is 0.581. The molecule has 2 heteroatoms. The lowest BCUT2D eigenvalue weighted by Gasteiger charge is -2.41. The molecule has 3 rings (SSSR count). The molecular weight excluding hydrogens is 258 g/mol. The van der Waals surface area contributed by atoms with Crippen molar-refractivity contribution in [1.82, 2.24) is 4.65 Å². The number of aryl methyl sites for hydroxylation is 1. The van der Waals surface area contributed by atoms with E-state index >= 15 is 0 Å². The molecule has 0 aliphatic carbocycles. The zero-order valence-electron chi connectivity index (χ0n) is 11.9. The van der Waals surface area contributed by atoms with Crippen molar-refractivity contribution in [3.63, 3.8) is 0 Å². The van der Waals surface area contributed by atoms with Crippen molar-refractivity contribution in [3.05, 3.63) is 95.7 Å². The van der Waals surface area contributed by atoms with Gasteiger partial charge >= 0.3 is 0 Å². The third-order valence-corrected chi connectivity index (χ3v) is 3.64. The van der Waals surface area contributed by atoms with Gasteiger partial charge in [-0.1, -0.05) is 54.1 Å². The molecule has 0 aromatic heterocycles. The van der Waals surface area contributed by atoms with Crippen molar-refractivity contribution in [1.29, 1.82) is 0 Å². The Balaban J connectivity index is 2.23. The van der Waals surface area contributed by atoms with Gasteiger partial charge in [0.15, 0.2) is 0 Å². The second kappa shape index (κ2) is 5.52. The van der Waals surface area contributed by atoms with Gasteiger partial charge in [-0.05, 0) is 6.92 Å². The summed E-state index contributed by atoms with van der Waals surface area (Å²) in [6.07, 6.45) is 0. The van der Waals surface area contributed by atoms with E-state index < -0.39 is 4.65 Å². The summed E-state index contributed by atoms with van der Waals surface area (Å²) in [6.45, 7) is 2.02. The Morgan fingerprint density at radius 3 is 1.38 bits per heavy atom. The van der Waals surface area contributed by atoms with Crippen molar-refractivity contribution in [2.75, 3.05) is 0 Å². The number of benzene rings is 3. The monoisotopic (exact) mass is 275 g/mol. The first kappa shape index (κ1) is 13.6. The average Bonchev–Trinajstić information content (AvgIpc) is 2.56. The van der Waals surface area contributed by atoms with Crippen LogP contribution in [-0.2, 0) is 0 Å². The molecule has 2 nitrogen and oxygen atoms in total. The van der Waals surface area contributed by atoms with Gasteiger partial charge < -0.3 is 5.21 Å². The fourth-order valence-electron chi connectivity index (χ4n) is 2.48. The van der Waals surface area contributed by atoms with Crippen molar-refractivity contribution in [3.8, 4) is 0 Å². The van der Waals surface area contributed by atoms with Crippen molar-refractivity contribution in [2.24, 2.45) is 0 Å². The molecule has 0 aliphatic heterocycles. The molecule has 0 amide bonds. The lowest BCUT2D eigenvalue weighted by molar-refractivity contribution is 0.693. The first-order valence-corrected chi connectivity index (χ1v) is 7.00. The van der Waals surface area contributed by atoms with Crippen LogP contribution in [0.2, 0.25) is 0 Å². The molecule has 104 valence electrons. The lowest BCUT2D eigenvalue weighted by atomic mass is 10.1. The topological polar surface area (TPSA) is 23.1 Å². The number of quaternary nitrogens is 1. The number of para-hydroxylation sites is 2. The molecule has 3 aromatic carbocycles. The van der Waals surface area contributed by atoms with E-state index in [1.807, 2.05) is 91.9 Å². The zero-order valence-corrected chi connectivity index (χ0v) is 11.9. The number of hydrogen-bond donors (Lipinski definition) is 0. The zero-order chi connectivity index (χ0) is 14.7. The molecule has 0 bridgehead atoms. The maximum atomic E-state index is 13.8. The number of nitrogens with zero attached hydrogens (tertiary/aromatic N) is 1. The molecule has 0 spiro atoms. The van der Waals surface area contributed by atoms with E-state index in [0.717, 1.165) is 5.56 Å². The highest BCUT2D eigenvalue weighted by Crippen LogP contribution is 2.42. The summed E-state index contributed by atoms with van der Waals surface area (Å²) in [5.74, 6) is 0. The number of hydrogen-bond acceptors (Lipinski definition) is 1. The van der Waals surface area contributed by atoms with Crippen LogP contribution in [0.5, 0.6) is 0 Å². The van der Waals surface area contributed by atoms with Gasteiger partial charge in [0, 0.05) is 36.4 Å². The van der Waals surface area contributed by atoms with E-state index in [-0.39, 0.29) is 0 Å². The Bertz CT molecular complexity index is 666. The summed E-state index contributed by atoms with van der Waals surface area (Å²) in [6, 6.07) is 26.7. The van der Waals surface area contributed by atoms with Gasteiger partial charge in [-0.2, -0.15) is 0 Å². The molecule has 0 aliphatic rings. The molecule has 0 saturated carbocycles. The Kier molecular flexibility index (Phi) is 3.57. The molecule has 0 fully saturated rings. The van der Waals surface area contributed by atoms with Crippen LogP contribution in [0.4, 0.5) is 17.1 Å². The van der Waals surface area contributed by atoms with Crippen molar-refractivity contribution < 1.29 is 0 Å². The van der Waals surface area contributed by atoms with E-state index in [1.165, 1.54) is 0 Å². The Labute approximate surface area is 125 Å². The Hall–Kier alpha value is -2.42. The van der Waals surface area contributed by atoms with Gasteiger partial charge in [0.05, 0.1) is 0 Å². The van der Waals surface area contributed by atoms with E-state index in [4.69, 9.17) is 0 Å². The summed E-state index contributed by atoms with van der Waals surface area (Å²) in [4.78, 5) is 0. The van der Waals surface area contributed by atoms with Crippen LogP contribution in [-0.4, -0.2) is 0 Å². The van der Waals surface area contributed by atoms with Crippen LogP contribution in [0.15, 0.2) is 84.9 Å². The first-order valence-electron chi connectivity index (χ1n) is 7.00. The second-order valence-electron chi connectivity index (χ2n) is 5.12. The Morgan fingerprint density at radius 2 is 0.952 bits per heavy atom. The van der Waals surface area contributed by atoms with E-state index in [2.05, 4.69) is 0 Å². The summed E-state index contributed by atoms with van der Waals surface area (Å²) in [7, 11) is 0. The predicted molar refractivity (Wildman–Crippen MR) is 88.5 cm³/mol. The number of rotatable bonds is 3. The maximum Gasteiger partial charge on any atom is 0.143 e. The molecule has 0 heterocycles. The van der Waals surface area contributed by atoms with Gasteiger partial charge in [0.25, 0.3) is 0 Å². The van der Waals surface area contributed by atoms with Crippen LogP contribution in [0, 0.1) is 12.1 Å². The molecule has 0 atom stereocenters. The van der Waals surface area contributed by atoms with Gasteiger partial charge in [-0.25, -0.2) is 0 Å². The van der Waals surface area contributed by atoms with Crippen molar-refractivity contribution >= 4 is 17.1 Å². The first-order chi connectivity index (χ1) is 10.2. The fourth-order valence-corrected chi connectivity index (χ4v) is 2.48. The highest BCUT2D eigenvalue weighted by molar-refractivity contribution is 5.71. The molecule has 0 N–H and O–H groups in total. The van der Waals surface area contributed by atoms with Crippen molar-refractivity contribution in [2.45, 2.75) is 6.92 Å². The van der Waals surface area contributed by atoms with Gasteiger partial charge in [-0.15, -0.1) is 0 Å².